The van der Waals surface area contributed by atoms with Crippen LogP contribution in [0.1, 0.15) is 21.5 Å². The molecule has 2 rings (SSSR count). The van der Waals surface area contributed by atoms with Gasteiger partial charge in [0.05, 0.1) is 40.6 Å². The van der Waals surface area contributed by atoms with E-state index in [1.807, 2.05) is 19.9 Å². The van der Waals surface area contributed by atoms with Crippen molar-refractivity contribution in [1.29, 1.82) is 0 Å². The van der Waals surface area contributed by atoms with Crippen LogP contribution in [0, 0.1) is 13.8 Å². The van der Waals surface area contributed by atoms with Gasteiger partial charge in [-0.3, -0.25) is 4.79 Å². The zero-order valence-corrected chi connectivity index (χ0v) is 15.6. The highest BCUT2D eigenvalue weighted by Crippen LogP contribution is 2.27. The van der Waals surface area contributed by atoms with Gasteiger partial charge in [0.1, 0.15) is 0 Å². The molecule has 0 aliphatic carbocycles. The Hall–Kier alpha value is -2.24. The average Bonchev–Trinajstić information content (AvgIpc) is 2.56. The van der Waals surface area contributed by atoms with Crippen molar-refractivity contribution in [2.75, 3.05) is 24.3 Å². The lowest BCUT2D eigenvalue weighted by Crippen LogP contribution is -2.22. The summed E-state index contributed by atoms with van der Waals surface area (Å²) in [6.45, 7) is 3.77. The van der Waals surface area contributed by atoms with Gasteiger partial charge in [0.25, 0.3) is 0 Å². The maximum absolute atomic E-state index is 12.2. The second-order valence-electron chi connectivity index (χ2n) is 5.53. The summed E-state index contributed by atoms with van der Waals surface area (Å²) in [6.07, 6.45) is 0. The Morgan fingerprint density at radius 2 is 1.80 bits per heavy atom. The van der Waals surface area contributed by atoms with Crippen LogP contribution in [-0.4, -0.2) is 25.5 Å². The topological polar surface area (TPSA) is 67.4 Å². The highest BCUT2D eigenvalue weighted by molar-refractivity contribution is 6.34. The molecule has 5 nitrogen and oxygen atoms in total. The Bertz CT molecular complexity index is 799. The smallest absolute Gasteiger partial charge is 0.337 e. The number of methoxy groups -OCH3 is 1. The summed E-state index contributed by atoms with van der Waals surface area (Å²) in [5, 5.41) is 6.56. The molecule has 0 aliphatic heterocycles. The van der Waals surface area contributed by atoms with E-state index in [0.717, 1.165) is 11.1 Å². The number of carbonyl (C=O) groups is 2. The first kappa shape index (κ1) is 19.1. The van der Waals surface area contributed by atoms with Crippen molar-refractivity contribution in [3.05, 3.63) is 57.1 Å². The van der Waals surface area contributed by atoms with Gasteiger partial charge in [0.15, 0.2) is 0 Å². The lowest BCUT2D eigenvalue weighted by molar-refractivity contribution is -0.114. The van der Waals surface area contributed by atoms with Crippen LogP contribution in [-0.2, 0) is 9.53 Å². The molecule has 0 spiro atoms. The first-order chi connectivity index (χ1) is 11.8. The second kappa shape index (κ2) is 8.23. The standard InChI is InChI=1S/C18H18Cl2N2O3/c1-10-6-11(2)17(14(20)7-10)22-16(23)9-21-15-8-12(18(24)25-3)4-5-13(15)19/h4-8,21H,9H2,1-3H3,(H,22,23). The number of nitrogens with one attached hydrogen (secondary N) is 2. The molecular formula is C18H18Cl2N2O3. The van der Waals surface area contributed by atoms with Crippen LogP contribution in [0.4, 0.5) is 11.4 Å². The van der Waals surface area contributed by atoms with Crippen LogP contribution < -0.4 is 10.6 Å². The molecule has 2 aromatic carbocycles. The Balaban J connectivity index is 2.07. The number of ether oxygens (including phenoxy) is 1. The summed E-state index contributed by atoms with van der Waals surface area (Å²) >= 11 is 12.3. The molecule has 0 saturated heterocycles. The van der Waals surface area contributed by atoms with Crippen molar-refractivity contribution in [2.45, 2.75) is 13.8 Å². The molecule has 0 fully saturated rings. The van der Waals surface area contributed by atoms with Gasteiger partial charge in [-0.15, -0.1) is 0 Å². The molecular weight excluding hydrogens is 363 g/mol. The van der Waals surface area contributed by atoms with E-state index in [-0.39, 0.29) is 12.5 Å². The van der Waals surface area contributed by atoms with Crippen LogP contribution in [0.2, 0.25) is 10.0 Å². The third kappa shape index (κ3) is 4.87. The Labute approximate surface area is 156 Å². The van der Waals surface area contributed by atoms with Crippen molar-refractivity contribution in [3.8, 4) is 0 Å². The number of benzene rings is 2. The minimum atomic E-state index is -0.480. The highest BCUT2D eigenvalue weighted by Gasteiger charge is 2.12. The van der Waals surface area contributed by atoms with Crippen LogP contribution in [0.15, 0.2) is 30.3 Å². The fourth-order valence-electron chi connectivity index (χ4n) is 2.34. The van der Waals surface area contributed by atoms with Crippen molar-refractivity contribution >= 4 is 46.5 Å². The molecule has 7 heteroatoms. The molecule has 0 unspecified atom stereocenters. The van der Waals surface area contributed by atoms with Crippen molar-refractivity contribution in [1.82, 2.24) is 0 Å². The van der Waals surface area contributed by atoms with Crippen molar-refractivity contribution in [2.24, 2.45) is 0 Å². The molecule has 0 aromatic heterocycles. The van der Waals surface area contributed by atoms with E-state index in [4.69, 9.17) is 23.2 Å². The largest absolute Gasteiger partial charge is 0.465 e. The minimum absolute atomic E-state index is 0.0337. The molecule has 0 heterocycles. The molecule has 2 aromatic rings. The maximum Gasteiger partial charge on any atom is 0.337 e. The number of rotatable bonds is 5. The molecule has 1 amide bonds. The molecule has 0 atom stereocenters. The fraction of sp³-hybridized carbons (Fsp3) is 0.222. The van der Waals surface area contributed by atoms with Gasteiger partial charge < -0.3 is 15.4 Å². The van der Waals surface area contributed by atoms with Crippen LogP contribution in [0.25, 0.3) is 0 Å². The monoisotopic (exact) mass is 380 g/mol. The van der Waals surface area contributed by atoms with Crippen LogP contribution in [0.5, 0.6) is 0 Å². The number of carbonyl (C=O) groups excluding carboxylic acids is 2. The third-order valence-corrected chi connectivity index (χ3v) is 4.15. The Kier molecular flexibility index (Phi) is 6.28. The minimum Gasteiger partial charge on any atom is -0.465 e. The first-order valence-corrected chi connectivity index (χ1v) is 8.25. The maximum atomic E-state index is 12.2. The van der Waals surface area contributed by atoms with Gasteiger partial charge in [-0.25, -0.2) is 4.79 Å². The summed E-state index contributed by atoms with van der Waals surface area (Å²) in [6, 6.07) is 8.37. The molecule has 0 bridgehead atoms. The lowest BCUT2D eigenvalue weighted by Gasteiger charge is -2.13. The van der Waals surface area contributed by atoms with Gasteiger partial charge in [0, 0.05) is 0 Å². The van der Waals surface area contributed by atoms with Gasteiger partial charge in [0.2, 0.25) is 5.91 Å². The number of hydrogen-bond acceptors (Lipinski definition) is 4. The Morgan fingerprint density at radius 1 is 1.08 bits per heavy atom. The predicted octanol–water partition coefficient (Wildman–Crippen LogP) is 4.45. The normalized spacial score (nSPS) is 10.3. The number of hydrogen-bond donors (Lipinski definition) is 2. The zero-order chi connectivity index (χ0) is 18.6. The second-order valence-corrected chi connectivity index (χ2v) is 6.34. The number of halogens is 2. The number of amides is 1. The van der Waals surface area contributed by atoms with Crippen LogP contribution >= 0.6 is 23.2 Å². The molecule has 0 radical (unpaired) electrons. The van der Waals surface area contributed by atoms with E-state index < -0.39 is 5.97 Å². The molecule has 0 aliphatic rings. The van der Waals surface area contributed by atoms with E-state index in [0.29, 0.717) is 27.0 Å². The quantitative estimate of drug-likeness (QED) is 0.751. The third-order valence-electron chi connectivity index (χ3n) is 3.52. The zero-order valence-electron chi connectivity index (χ0n) is 14.1. The number of aryl methyl sites for hydroxylation is 2. The SMILES string of the molecule is COC(=O)c1ccc(Cl)c(NCC(=O)Nc2c(C)cc(C)cc2Cl)c1. The molecule has 25 heavy (non-hydrogen) atoms. The molecule has 132 valence electrons. The number of anilines is 2. The lowest BCUT2D eigenvalue weighted by atomic mass is 10.1. The highest BCUT2D eigenvalue weighted by atomic mass is 35.5. The first-order valence-electron chi connectivity index (χ1n) is 7.50. The van der Waals surface area contributed by atoms with Gasteiger partial charge in [-0.2, -0.15) is 0 Å². The number of esters is 1. The van der Waals surface area contributed by atoms with E-state index >= 15 is 0 Å². The average molecular weight is 381 g/mol. The van der Waals surface area contributed by atoms with Gasteiger partial charge in [-0.05, 0) is 49.2 Å². The van der Waals surface area contributed by atoms with E-state index in [1.54, 1.807) is 18.2 Å². The van der Waals surface area contributed by atoms with Gasteiger partial charge in [-0.1, -0.05) is 29.3 Å². The fourth-order valence-corrected chi connectivity index (χ4v) is 2.89. The summed E-state index contributed by atoms with van der Waals surface area (Å²) in [5.41, 5.74) is 3.28. The van der Waals surface area contributed by atoms with Gasteiger partial charge >= 0.3 is 5.97 Å². The predicted molar refractivity (Wildman–Crippen MR) is 101 cm³/mol. The summed E-state index contributed by atoms with van der Waals surface area (Å²) in [5.74, 6) is -0.764. The Morgan fingerprint density at radius 3 is 2.44 bits per heavy atom. The van der Waals surface area contributed by atoms with E-state index in [9.17, 15) is 9.59 Å². The summed E-state index contributed by atoms with van der Waals surface area (Å²) in [4.78, 5) is 23.8. The van der Waals surface area contributed by atoms with Crippen molar-refractivity contribution in [3.63, 3.8) is 0 Å². The summed E-state index contributed by atoms with van der Waals surface area (Å²) < 4.78 is 4.67. The van der Waals surface area contributed by atoms with E-state index in [1.165, 1.54) is 13.2 Å². The molecule has 2 N–H and O–H groups in total. The van der Waals surface area contributed by atoms with E-state index in [2.05, 4.69) is 15.4 Å². The van der Waals surface area contributed by atoms with Crippen molar-refractivity contribution < 1.29 is 14.3 Å². The van der Waals surface area contributed by atoms with Crippen LogP contribution in [0.3, 0.4) is 0 Å². The summed E-state index contributed by atoms with van der Waals surface area (Å²) in [7, 11) is 1.30. The molecule has 0 saturated carbocycles.